The zero-order valence-corrected chi connectivity index (χ0v) is 20.5. The van der Waals surface area contributed by atoms with Crippen LogP contribution in [0.2, 0.25) is 10.0 Å². The summed E-state index contributed by atoms with van der Waals surface area (Å²) < 4.78 is 7.07. The molecule has 0 fully saturated rings. The fraction of sp³-hybridized carbons (Fsp3) is 0.174. The minimum atomic E-state index is -0.634. The minimum absolute atomic E-state index is 0.243. The number of esters is 1. The van der Waals surface area contributed by atoms with E-state index < -0.39 is 12.0 Å². The lowest BCUT2D eigenvalue weighted by Crippen LogP contribution is -2.39. The third-order valence-electron chi connectivity index (χ3n) is 5.10. The highest BCUT2D eigenvalue weighted by atomic mass is 35.5. The van der Waals surface area contributed by atoms with Crippen molar-refractivity contribution in [3.8, 4) is 0 Å². The first-order valence-electron chi connectivity index (χ1n) is 9.54. The van der Waals surface area contributed by atoms with Gasteiger partial charge in [-0.05, 0) is 54.6 Å². The second-order valence-corrected chi connectivity index (χ2v) is 9.72. The van der Waals surface area contributed by atoms with Crippen molar-refractivity contribution >= 4 is 58.3 Å². The van der Waals surface area contributed by atoms with Gasteiger partial charge in [0.2, 0.25) is 0 Å². The van der Waals surface area contributed by atoms with Crippen LogP contribution in [0.4, 0.5) is 0 Å². The van der Waals surface area contributed by atoms with E-state index in [0.29, 0.717) is 30.6 Å². The average Bonchev–Trinajstić information content (AvgIpc) is 3.09. The molecule has 2 aromatic carbocycles. The second-order valence-electron chi connectivity index (χ2n) is 7.02. The summed E-state index contributed by atoms with van der Waals surface area (Å²) in [4.78, 5) is 32.3. The summed E-state index contributed by atoms with van der Waals surface area (Å²) in [5, 5.41) is 0.848. The van der Waals surface area contributed by atoms with Crippen molar-refractivity contribution in [1.82, 2.24) is 4.57 Å². The minimum Gasteiger partial charge on any atom is -0.466 e. The maximum atomic E-state index is 13.5. The van der Waals surface area contributed by atoms with Gasteiger partial charge < -0.3 is 4.74 Å². The largest absolute Gasteiger partial charge is 0.466 e. The number of thioether (sulfide) groups is 1. The van der Waals surface area contributed by atoms with Gasteiger partial charge in [-0.2, -0.15) is 0 Å². The Morgan fingerprint density at radius 3 is 2.53 bits per heavy atom. The number of benzene rings is 2. The molecule has 3 aromatic rings. The Bertz CT molecular complexity index is 1420. The number of hydrogen-bond acceptors (Lipinski definition) is 6. The van der Waals surface area contributed by atoms with Gasteiger partial charge >= 0.3 is 5.97 Å². The molecule has 0 saturated carbocycles. The Balaban J connectivity index is 1.95. The lowest BCUT2D eigenvalue weighted by Gasteiger charge is -2.24. The Kier molecular flexibility index (Phi) is 6.62. The maximum Gasteiger partial charge on any atom is 0.338 e. The van der Waals surface area contributed by atoms with Crippen LogP contribution in [0.25, 0.3) is 6.08 Å². The molecule has 1 atom stereocenters. The number of allylic oxidation sites excluding steroid dienone is 1. The molecule has 5 nitrogen and oxygen atoms in total. The van der Waals surface area contributed by atoms with E-state index in [4.69, 9.17) is 27.9 Å². The fourth-order valence-electron chi connectivity index (χ4n) is 3.55. The molecule has 4 rings (SSSR count). The van der Waals surface area contributed by atoms with E-state index in [9.17, 15) is 9.59 Å². The summed E-state index contributed by atoms with van der Waals surface area (Å²) in [7, 11) is 1.33. The van der Waals surface area contributed by atoms with Crippen molar-refractivity contribution < 1.29 is 9.53 Å². The highest BCUT2D eigenvalue weighted by Gasteiger charge is 2.33. The number of rotatable bonds is 4. The monoisotopic (exact) mass is 504 g/mol. The highest BCUT2D eigenvalue weighted by molar-refractivity contribution is 7.98. The van der Waals surface area contributed by atoms with Gasteiger partial charge in [-0.3, -0.25) is 9.36 Å². The fourth-order valence-corrected chi connectivity index (χ4v) is 5.31. The number of nitrogens with zero attached hydrogens (tertiary/aromatic N) is 2. The van der Waals surface area contributed by atoms with Crippen LogP contribution >= 0.6 is 46.3 Å². The standard InChI is InChI=1S/C23H18Cl2N2O3S2/c1-12-19(22(29)30-2)20(14-5-7-15(31-3)8-6-14)27-21(28)18(32-23(27)26-12)11-13-4-9-16(24)17(25)10-13/h4-11,20H,1-3H3. The Morgan fingerprint density at radius 2 is 1.91 bits per heavy atom. The van der Waals surface area contributed by atoms with Gasteiger partial charge in [0, 0.05) is 4.90 Å². The van der Waals surface area contributed by atoms with Crippen LogP contribution in [0.15, 0.2) is 68.4 Å². The van der Waals surface area contributed by atoms with Crippen molar-refractivity contribution in [3.05, 3.63) is 94.6 Å². The number of methoxy groups -OCH3 is 1. The smallest absolute Gasteiger partial charge is 0.338 e. The molecule has 0 spiro atoms. The predicted molar refractivity (Wildman–Crippen MR) is 130 cm³/mol. The maximum absolute atomic E-state index is 13.5. The molecular formula is C23H18Cl2N2O3S2. The first kappa shape index (κ1) is 22.9. The topological polar surface area (TPSA) is 60.7 Å². The molecular weight excluding hydrogens is 487 g/mol. The molecule has 9 heteroatoms. The van der Waals surface area contributed by atoms with E-state index in [0.717, 1.165) is 16.0 Å². The van der Waals surface area contributed by atoms with E-state index >= 15 is 0 Å². The number of hydrogen-bond donors (Lipinski definition) is 0. The van der Waals surface area contributed by atoms with E-state index in [1.165, 1.54) is 18.4 Å². The van der Waals surface area contributed by atoms with Crippen molar-refractivity contribution in [3.63, 3.8) is 0 Å². The second kappa shape index (κ2) is 9.27. The van der Waals surface area contributed by atoms with Crippen LogP contribution in [0.3, 0.4) is 0 Å². The predicted octanol–water partition coefficient (Wildman–Crippen LogP) is 4.44. The van der Waals surface area contributed by atoms with E-state index in [1.54, 1.807) is 47.5 Å². The van der Waals surface area contributed by atoms with Gasteiger partial charge in [0.05, 0.1) is 39.0 Å². The number of halogens is 2. The van der Waals surface area contributed by atoms with Crippen molar-refractivity contribution in [2.45, 2.75) is 17.9 Å². The summed E-state index contributed by atoms with van der Waals surface area (Å²) in [5.74, 6) is -0.510. The number of aromatic nitrogens is 1. The van der Waals surface area contributed by atoms with Crippen LogP contribution < -0.4 is 14.9 Å². The quantitative estimate of drug-likeness (QED) is 0.389. The molecule has 1 aliphatic heterocycles. The SMILES string of the molecule is COC(=O)C1=C(C)N=c2sc(=Cc3ccc(Cl)c(Cl)c3)c(=O)n2C1c1ccc(SC)cc1. The molecule has 1 aromatic heterocycles. The molecule has 0 radical (unpaired) electrons. The van der Waals surface area contributed by atoms with Crippen LogP contribution in [0.1, 0.15) is 24.1 Å². The molecule has 0 saturated heterocycles. The van der Waals surface area contributed by atoms with Gasteiger partial charge in [-0.15, -0.1) is 11.8 Å². The highest BCUT2D eigenvalue weighted by Crippen LogP contribution is 2.31. The molecule has 32 heavy (non-hydrogen) atoms. The van der Waals surface area contributed by atoms with Gasteiger partial charge in [-0.1, -0.05) is 52.7 Å². The van der Waals surface area contributed by atoms with Crippen LogP contribution in [-0.2, 0) is 9.53 Å². The molecule has 1 aliphatic rings. The number of thiazole rings is 1. The molecule has 1 unspecified atom stereocenters. The Labute approximate surface area is 202 Å². The van der Waals surface area contributed by atoms with Crippen LogP contribution in [0.5, 0.6) is 0 Å². The van der Waals surface area contributed by atoms with Gasteiger partial charge in [0.15, 0.2) is 4.80 Å². The van der Waals surface area contributed by atoms with Crippen molar-refractivity contribution in [1.29, 1.82) is 0 Å². The molecule has 0 amide bonds. The third kappa shape index (κ3) is 4.18. The van der Waals surface area contributed by atoms with E-state index in [2.05, 4.69) is 4.99 Å². The normalized spacial score (nSPS) is 16.0. The number of carbonyl (C=O) groups is 1. The Morgan fingerprint density at radius 1 is 1.19 bits per heavy atom. The van der Waals surface area contributed by atoms with E-state index in [-0.39, 0.29) is 5.56 Å². The first-order chi connectivity index (χ1) is 15.3. The number of fused-ring (bicyclic) bond motifs is 1. The zero-order valence-electron chi connectivity index (χ0n) is 17.4. The van der Waals surface area contributed by atoms with E-state index in [1.807, 2.05) is 30.5 Å². The summed E-state index contributed by atoms with van der Waals surface area (Å²) in [6, 6.07) is 12.3. The summed E-state index contributed by atoms with van der Waals surface area (Å²) in [5.41, 5.74) is 2.18. The summed E-state index contributed by atoms with van der Waals surface area (Å²) >= 11 is 15.0. The lowest BCUT2D eigenvalue weighted by molar-refractivity contribution is -0.136. The summed E-state index contributed by atoms with van der Waals surface area (Å²) in [6.07, 6.45) is 3.74. The Hall–Kier alpha value is -2.32. The molecule has 0 aliphatic carbocycles. The first-order valence-corrected chi connectivity index (χ1v) is 12.3. The average molecular weight is 505 g/mol. The third-order valence-corrected chi connectivity index (χ3v) is 7.57. The molecule has 0 N–H and O–H groups in total. The van der Waals surface area contributed by atoms with Crippen LogP contribution in [0, 0.1) is 0 Å². The molecule has 164 valence electrons. The van der Waals surface area contributed by atoms with Crippen molar-refractivity contribution in [2.75, 3.05) is 13.4 Å². The number of ether oxygens (including phenoxy) is 1. The zero-order chi connectivity index (χ0) is 23.0. The lowest BCUT2D eigenvalue weighted by atomic mass is 9.96. The molecule has 2 heterocycles. The molecule has 0 bridgehead atoms. The van der Waals surface area contributed by atoms with Gasteiger partial charge in [-0.25, -0.2) is 9.79 Å². The summed E-state index contributed by atoms with van der Waals surface area (Å²) in [6.45, 7) is 1.76. The number of carbonyl (C=O) groups excluding carboxylic acids is 1. The van der Waals surface area contributed by atoms with Gasteiger partial charge in [0.25, 0.3) is 5.56 Å². The van der Waals surface area contributed by atoms with Crippen LogP contribution in [-0.4, -0.2) is 23.9 Å². The van der Waals surface area contributed by atoms with Gasteiger partial charge in [0.1, 0.15) is 0 Å². The van der Waals surface area contributed by atoms with Crippen molar-refractivity contribution in [2.24, 2.45) is 4.99 Å².